The fourth-order valence-corrected chi connectivity index (χ4v) is 3.02. The SMILES string of the molecule is COc1nc(NC(=O)NS(=O)(=O)c2ccccc2C(=O)O)nc(OC)c1F. The zero-order chi connectivity index (χ0) is 20.2. The van der Waals surface area contributed by atoms with E-state index in [1.165, 1.54) is 12.1 Å². The minimum atomic E-state index is -4.53. The maximum Gasteiger partial charge on any atom is 0.337 e. The van der Waals surface area contributed by atoms with Crippen molar-refractivity contribution >= 4 is 28.0 Å². The molecule has 0 aliphatic carbocycles. The predicted octanol–water partition coefficient (Wildman–Crippen LogP) is 0.841. The zero-order valence-electron chi connectivity index (χ0n) is 13.9. The van der Waals surface area contributed by atoms with Crippen molar-refractivity contribution in [2.45, 2.75) is 4.90 Å². The molecule has 2 rings (SSSR count). The monoisotopic (exact) mass is 400 g/mol. The normalized spacial score (nSPS) is 10.8. The van der Waals surface area contributed by atoms with Crippen molar-refractivity contribution in [3.63, 3.8) is 0 Å². The second-order valence-corrected chi connectivity index (χ2v) is 6.39. The Kier molecular flexibility index (Phi) is 5.75. The summed E-state index contributed by atoms with van der Waals surface area (Å²) in [6, 6.07) is 3.38. The van der Waals surface area contributed by atoms with Crippen molar-refractivity contribution in [3.8, 4) is 11.8 Å². The average molecular weight is 400 g/mol. The van der Waals surface area contributed by atoms with Gasteiger partial charge in [0.1, 0.15) is 4.90 Å². The number of methoxy groups -OCH3 is 2. The number of halogens is 1. The Morgan fingerprint density at radius 2 is 1.67 bits per heavy atom. The number of sulfonamides is 1. The lowest BCUT2D eigenvalue weighted by atomic mass is 10.2. The van der Waals surface area contributed by atoms with E-state index in [-0.39, 0.29) is 0 Å². The zero-order valence-corrected chi connectivity index (χ0v) is 14.7. The summed E-state index contributed by atoms with van der Waals surface area (Å²) in [6.07, 6.45) is 0. The summed E-state index contributed by atoms with van der Waals surface area (Å²) in [4.78, 5) is 29.6. The van der Waals surface area contributed by atoms with Gasteiger partial charge in [0.2, 0.25) is 11.8 Å². The molecule has 0 aliphatic heterocycles. The summed E-state index contributed by atoms with van der Waals surface area (Å²) in [5.41, 5.74) is -0.529. The summed E-state index contributed by atoms with van der Waals surface area (Å²) in [7, 11) is -2.30. The van der Waals surface area contributed by atoms with E-state index in [9.17, 15) is 22.4 Å². The number of carboxylic acids is 1. The first-order valence-electron chi connectivity index (χ1n) is 7.01. The number of urea groups is 1. The summed E-state index contributed by atoms with van der Waals surface area (Å²) in [5.74, 6) is -4.11. The van der Waals surface area contributed by atoms with E-state index in [1.54, 1.807) is 4.72 Å². The van der Waals surface area contributed by atoms with Crippen molar-refractivity contribution in [2.75, 3.05) is 19.5 Å². The number of anilines is 1. The lowest BCUT2D eigenvalue weighted by molar-refractivity contribution is 0.0692. The summed E-state index contributed by atoms with van der Waals surface area (Å²) in [5, 5.41) is 11.0. The molecular weight excluding hydrogens is 387 g/mol. The largest absolute Gasteiger partial charge is 0.479 e. The molecule has 1 heterocycles. The van der Waals surface area contributed by atoms with Gasteiger partial charge in [-0.15, -0.1) is 0 Å². The number of benzene rings is 1. The van der Waals surface area contributed by atoms with Crippen molar-refractivity contribution < 1.29 is 37.0 Å². The number of nitrogens with zero attached hydrogens (tertiary/aromatic N) is 2. The number of hydrogen-bond donors (Lipinski definition) is 3. The second-order valence-electron chi connectivity index (χ2n) is 4.74. The molecule has 3 N–H and O–H groups in total. The number of carboxylic acid groups (broad SMARTS) is 1. The molecule has 0 atom stereocenters. The number of carbonyl (C=O) groups excluding carboxylic acids is 1. The van der Waals surface area contributed by atoms with Crippen LogP contribution in [0.3, 0.4) is 0 Å². The number of aromatic nitrogens is 2. The highest BCUT2D eigenvalue weighted by atomic mass is 32.2. The topological polar surface area (TPSA) is 157 Å². The van der Waals surface area contributed by atoms with Crippen LogP contribution in [-0.4, -0.2) is 49.7 Å². The van der Waals surface area contributed by atoms with Crippen LogP contribution in [0.25, 0.3) is 0 Å². The fourth-order valence-electron chi connectivity index (χ4n) is 1.92. The highest BCUT2D eigenvalue weighted by molar-refractivity contribution is 7.90. The lowest BCUT2D eigenvalue weighted by Gasteiger charge is -2.11. The molecule has 1 aromatic carbocycles. The summed E-state index contributed by atoms with van der Waals surface area (Å²) in [6.45, 7) is 0. The Labute approximate surface area is 152 Å². The molecule has 0 saturated carbocycles. The Morgan fingerprint density at radius 3 is 2.19 bits per heavy atom. The molecule has 0 spiro atoms. The Hall–Kier alpha value is -3.48. The molecular formula is C14H13FN4O7S. The summed E-state index contributed by atoms with van der Waals surface area (Å²) < 4.78 is 49.2. The molecule has 0 fully saturated rings. The highest BCUT2D eigenvalue weighted by Crippen LogP contribution is 2.24. The first-order chi connectivity index (χ1) is 12.7. The number of amides is 2. The Morgan fingerprint density at radius 1 is 1.11 bits per heavy atom. The van der Waals surface area contributed by atoms with E-state index in [0.717, 1.165) is 26.4 Å². The average Bonchev–Trinajstić information content (AvgIpc) is 2.62. The van der Waals surface area contributed by atoms with Gasteiger partial charge in [-0.1, -0.05) is 12.1 Å². The van der Waals surface area contributed by atoms with E-state index in [4.69, 9.17) is 5.11 Å². The van der Waals surface area contributed by atoms with Gasteiger partial charge in [0.15, 0.2) is 0 Å². The number of hydrogen-bond acceptors (Lipinski definition) is 8. The summed E-state index contributed by atoms with van der Waals surface area (Å²) >= 11 is 0. The van der Waals surface area contributed by atoms with E-state index in [1.807, 2.05) is 5.32 Å². The predicted molar refractivity (Wildman–Crippen MR) is 87.8 cm³/mol. The number of carbonyl (C=O) groups is 2. The first-order valence-corrected chi connectivity index (χ1v) is 8.49. The van der Waals surface area contributed by atoms with Crippen LogP contribution in [-0.2, 0) is 10.0 Å². The standard InChI is InChI=1S/C14H13FN4O7S/c1-25-10-9(15)11(26-2)17-13(16-10)18-14(22)19-27(23,24)8-6-4-3-5-7(8)12(20)21/h3-6H,1-2H3,(H,20,21)(H2,16,17,18,19,22). The van der Waals surface area contributed by atoms with Crippen LogP contribution in [0.4, 0.5) is 15.1 Å². The van der Waals surface area contributed by atoms with Gasteiger partial charge in [-0.25, -0.2) is 22.7 Å². The van der Waals surface area contributed by atoms with Gasteiger partial charge in [0.05, 0.1) is 19.8 Å². The molecule has 0 saturated heterocycles. The maximum absolute atomic E-state index is 13.7. The van der Waals surface area contributed by atoms with Crippen LogP contribution < -0.4 is 19.5 Å². The molecule has 144 valence electrons. The molecule has 13 heteroatoms. The van der Waals surface area contributed by atoms with E-state index in [2.05, 4.69) is 19.4 Å². The van der Waals surface area contributed by atoms with Gasteiger partial charge in [0, 0.05) is 0 Å². The number of nitrogens with one attached hydrogen (secondary N) is 2. The van der Waals surface area contributed by atoms with Crippen molar-refractivity contribution in [2.24, 2.45) is 0 Å². The molecule has 2 amide bonds. The third-order valence-electron chi connectivity index (χ3n) is 3.04. The molecule has 2 aromatic rings. The van der Waals surface area contributed by atoms with Crippen LogP contribution in [0.5, 0.6) is 11.8 Å². The minimum absolute atomic E-state index is 0.510. The van der Waals surface area contributed by atoms with E-state index in [0.29, 0.717) is 0 Å². The van der Waals surface area contributed by atoms with Gasteiger partial charge in [-0.2, -0.15) is 14.4 Å². The molecule has 0 radical (unpaired) electrons. The van der Waals surface area contributed by atoms with Crippen LogP contribution in [0.15, 0.2) is 29.2 Å². The second kappa shape index (κ2) is 7.82. The van der Waals surface area contributed by atoms with Gasteiger partial charge in [0.25, 0.3) is 21.8 Å². The van der Waals surface area contributed by atoms with Gasteiger partial charge in [-0.05, 0) is 12.1 Å². The molecule has 27 heavy (non-hydrogen) atoms. The number of rotatable bonds is 6. The maximum atomic E-state index is 13.7. The molecule has 0 aliphatic rings. The van der Waals surface area contributed by atoms with Gasteiger partial charge < -0.3 is 14.6 Å². The van der Waals surface area contributed by atoms with Gasteiger partial charge >= 0.3 is 12.0 Å². The van der Waals surface area contributed by atoms with Crippen molar-refractivity contribution in [1.29, 1.82) is 0 Å². The fraction of sp³-hybridized carbons (Fsp3) is 0.143. The Balaban J connectivity index is 2.27. The quantitative estimate of drug-likeness (QED) is 0.639. The van der Waals surface area contributed by atoms with Crippen LogP contribution >= 0.6 is 0 Å². The third kappa shape index (κ3) is 4.38. The molecule has 0 unspecified atom stereocenters. The van der Waals surface area contributed by atoms with E-state index < -0.39 is 56.0 Å². The van der Waals surface area contributed by atoms with Crippen molar-refractivity contribution in [3.05, 3.63) is 35.6 Å². The van der Waals surface area contributed by atoms with E-state index >= 15 is 0 Å². The van der Waals surface area contributed by atoms with Gasteiger partial charge in [-0.3, -0.25) is 5.32 Å². The smallest absolute Gasteiger partial charge is 0.337 e. The number of aromatic carboxylic acids is 1. The highest BCUT2D eigenvalue weighted by Gasteiger charge is 2.25. The van der Waals surface area contributed by atoms with Crippen LogP contribution in [0.1, 0.15) is 10.4 Å². The first kappa shape index (κ1) is 19.8. The Bertz CT molecular complexity index is 972. The number of ether oxygens (including phenoxy) is 2. The molecule has 1 aromatic heterocycles. The van der Waals surface area contributed by atoms with Crippen molar-refractivity contribution in [1.82, 2.24) is 14.7 Å². The van der Waals surface area contributed by atoms with Crippen LogP contribution in [0, 0.1) is 5.82 Å². The van der Waals surface area contributed by atoms with Crippen LogP contribution in [0.2, 0.25) is 0 Å². The molecule has 11 nitrogen and oxygen atoms in total. The minimum Gasteiger partial charge on any atom is -0.479 e. The lowest BCUT2D eigenvalue weighted by Crippen LogP contribution is -2.35. The molecule has 0 bridgehead atoms. The third-order valence-corrected chi connectivity index (χ3v) is 4.43.